The largest absolute Gasteiger partial charge is 0.309 e. The van der Waals surface area contributed by atoms with Gasteiger partial charge in [-0.1, -0.05) is 19.8 Å². The van der Waals surface area contributed by atoms with Gasteiger partial charge >= 0.3 is 0 Å². The number of aliphatic imine (C=N–C) groups is 2. The number of rotatable bonds is 8. The fraction of sp³-hybridized carbons (Fsp3) is 0.917. The number of hydrogen-bond donors (Lipinski definition) is 0. The summed E-state index contributed by atoms with van der Waals surface area (Å²) < 4.78 is 0. The Labute approximate surface area is 94.3 Å². The maximum Gasteiger partial charge on any atom is 0.0895 e. The molecule has 0 spiro atoms. The van der Waals surface area contributed by atoms with Gasteiger partial charge in [-0.15, -0.1) is 0 Å². The quantitative estimate of drug-likeness (QED) is 0.448. The van der Waals surface area contributed by atoms with Crippen LogP contribution in [0.2, 0.25) is 0 Å². The Balaban J connectivity index is 3.52. The van der Waals surface area contributed by atoms with E-state index in [9.17, 15) is 0 Å². The van der Waals surface area contributed by atoms with Crippen molar-refractivity contribution in [1.82, 2.24) is 4.90 Å². The Morgan fingerprint density at radius 2 is 2.00 bits per heavy atom. The van der Waals surface area contributed by atoms with Crippen molar-refractivity contribution in [3.63, 3.8) is 0 Å². The minimum Gasteiger partial charge on any atom is -0.309 e. The normalized spacial score (nSPS) is 12.3. The van der Waals surface area contributed by atoms with E-state index in [0.29, 0.717) is 6.04 Å². The van der Waals surface area contributed by atoms with Crippen LogP contribution in [0.4, 0.5) is 0 Å². The van der Waals surface area contributed by atoms with Gasteiger partial charge < -0.3 is 4.90 Å². The molecule has 3 nitrogen and oxygen atoms in total. The third-order valence-corrected chi connectivity index (χ3v) is 2.20. The molecule has 0 amide bonds. The lowest BCUT2D eigenvalue weighted by Crippen LogP contribution is -2.13. The van der Waals surface area contributed by atoms with Gasteiger partial charge in [-0.25, -0.2) is 9.98 Å². The zero-order chi connectivity index (χ0) is 11.5. The van der Waals surface area contributed by atoms with E-state index in [-0.39, 0.29) is 0 Å². The van der Waals surface area contributed by atoms with Gasteiger partial charge in [-0.05, 0) is 40.4 Å². The third kappa shape index (κ3) is 11.3. The van der Waals surface area contributed by atoms with Crippen LogP contribution in [0.1, 0.15) is 39.5 Å². The van der Waals surface area contributed by atoms with Crippen LogP contribution in [-0.4, -0.2) is 44.1 Å². The lowest BCUT2D eigenvalue weighted by Gasteiger charge is -2.05. The van der Waals surface area contributed by atoms with Crippen LogP contribution in [-0.2, 0) is 0 Å². The van der Waals surface area contributed by atoms with Gasteiger partial charge in [0.25, 0.3) is 0 Å². The van der Waals surface area contributed by atoms with Gasteiger partial charge in [0.2, 0.25) is 0 Å². The van der Waals surface area contributed by atoms with Crippen molar-refractivity contribution in [1.29, 1.82) is 0 Å². The van der Waals surface area contributed by atoms with Gasteiger partial charge in [0.1, 0.15) is 0 Å². The monoisotopic (exact) mass is 211 g/mol. The second-order valence-electron chi connectivity index (χ2n) is 4.26. The highest BCUT2D eigenvalue weighted by atomic mass is 15.0. The molecule has 0 heterocycles. The molecule has 0 aromatic rings. The van der Waals surface area contributed by atoms with Gasteiger partial charge in [0.15, 0.2) is 0 Å². The Morgan fingerprint density at radius 3 is 2.60 bits per heavy atom. The van der Waals surface area contributed by atoms with Crippen molar-refractivity contribution in [3.8, 4) is 0 Å². The minimum absolute atomic E-state index is 0.377. The minimum atomic E-state index is 0.377. The molecule has 0 aromatic carbocycles. The molecule has 0 saturated heterocycles. The lowest BCUT2D eigenvalue weighted by atomic mass is 10.2. The summed E-state index contributed by atoms with van der Waals surface area (Å²) >= 11 is 0. The number of nitrogens with zero attached hydrogens (tertiary/aromatic N) is 3. The Hall–Kier alpha value is -0.660. The molecule has 0 aliphatic carbocycles. The highest BCUT2D eigenvalue weighted by Gasteiger charge is 1.95. The molecule has 0 aliphatic heterocycles. The van der Waals surface area contributed by atoms with Crippen molar-refractivity contribution < 1.29 is 0 Å². The predicted molar refractivity (Wildman–Crippen MR) is 66.9 cm³/mol. The fourth-order valence-corrected chi connectivity index (χ4v) is 1.22. The van der Waals surface area contributed by atoms with Gasteiger partial charge in [-0.3, -0.25) is 0 Å². The Kier molecular flexibility index (Phi) is 9.44. The van der Waals surface area contributed by atoms with Crippen LogP contribution in [0.5, 0.6) is 0 Å². The molecule has 1 atom stereocenters. The second kappa shape index (κ2) is 9.88. The van der Waals surface area contributed by atoms with E-state index in [1.165, 1.54) is 12.8 Å². The third-order valence-electron chi connectivity index (χ3n) is 2.20. The van der Waals surface area contributed by atoms with E-state index in [2.05, 4.69) is 48.8 Å². The lowest BCUT2D eigenvalue weighted by molar-refractivity contribution is 0.403. The maximum absolute atomic E-state index is 4.25. The first-order valence-corrected chi connectivity index (χ1v) is 5.93. The molecule has 1 unspecified atom stereocenters. The molecule has 0 radical (unpaired) electrons. The molecule has 0 bridgehead atoms. The highest BCUT2D eigenvalue weighted by molar-refractivity contribution is 5.41. The summed E-state index contributed by atoms with van der Waals surface area (Å²) in [5, 5.41) is 0. The van der Waals surface area contributed by atoms with Crippen molar-refractivity contribution in [2.75, 3.05) is 27.2 Å². The van der Waals surface area contributed by atoms with Gasteiger partial charge in [0.05, 0.1) is 18.6 Å². The van der Waals surface area contributed by atoms with E-state index >= 15 is 0 Å². The van der Waals surface area contributed by atoms with E-state index < -0.39 is 0 Å². The summed E-state index contributed by atoms with van der Waals surface area (Å²) in [6, 6.07) is 3.18. The second-order valence-corrected chi connectivity index (χ2v) is 4.26. The van der Waals surface area contributed by atoms with E-state index in [4.69, 9.17) is 0 Å². The Bertz CT molecular complexity index is 193. The van der Waals surface area contributed by atoms with Crippen LogP contribution in [0.25, 0.3) is 0 Å². The summed E-state index contributed by atoms with van der Waals surface area (Å²) in [6.07, 6.45) is 4.71. The molecule has 0 aliphatic rings. The van der Waals surface area contributed by atoms with Crippen LogP contribution < -0.4 is 0 Å². The molecule has 0 rings (SSSR count). The van der Waals surface area contributed by atoms with Crippen LogP contribution in [0, 0.1) is 0 Å². The zero-order valence-corrected chi connectivity index (χ0v) is 10.7. The van der Waals surface area contributed by atoms with E-state index in [1.54, 1.807) is 0 Å². The van der Waals surface area contributed by atoms with Crippen molar-refractivity contribution in [3.05, 3.63) is 0 Å². The van der Waals surface area contributed by atoms with Gasteiger partial charge in [0, 0.05) is 0 Å². The molecule has 0 aromatic heterocycles. The van der Waals surface area contributed by atoms with E-state index in [0.717, 1.165) is 25.9 Å². The molecule has 0 saturated carbocycles. The van der Waals surface area contributed by atoms with Crippen molar-refractivity contribution in [2.45, 2.75) is 45.6 Å². The summed E-state index contributed by atoms with van der Waals surface area (Å²) in [7, 11) is 4.15. The van der Waals surface area contributed by atoms with Crippen LogP contribution in [0.3, 0.4) is 0 Å². The number of hydrogen-bond acceptors (Lipinski definition) is 3. The van der Waals surface area contributed by atoms with Crippen molar-refractivity contribution in [2.24, 2.45) is 9.98 Å². The highest BCUT2D eigenvalue weighted by Crippen LogP contribution is 2.01. The Morgan fingerprint density at radius 1 is 1.27 bits per heavy atom. The smallest absolute Gasteiger partial charge is 0.0895 e. The zero-order valence-electron chi connectivity index (χ0n) is 10.7. The molecule has 0 fully saturated rings. The summed E-state index contributed by atoms with van der Waals surface area (Å²) in [4.78, 5) is 10.6. The summed E-state index contributed by atoms with van der Waals surface area (Å²) in [5.74, 6) is 0. The first-order valence-electron chi connectivity index (χ1n) is 5.93. The van der Waals surface area contributed by atoms with Crippen LogP contribution >= 0.6 is 0 Å². The molecule has 3 heteroatoms. The topological polar surface area (TPSA) is 28.0 Å². The molecule has 0 N–H and O–H groups in total. The SMILES string of the molecule is CCCCC(C)N=C=NCCCN(C)C. The fourth-order valence-electron chi connectivity index (χ4n) is 1.22. The van der Waals surface area contributed by atoms with Crippen LogP contribution in [0.15, 0.2) is 9.98 Å². The average Bonchev–Trinajstić information content (AvgIpc) is 2.19. The molecular formula is C12H25N3. The maximum atomic E-state index is 4.25. The molecular weight excluding hydrogens is 186 g/mol. The van der Waals surface area contributed by atoms with E-state index in [1.807, 2.05) is 0 Å². The predicted octanol–water partition coefficient (Wildman–Crippen LogP) is 2.69. The standard InChI is InChI=1S/C12H25N3/c1-5-6-8-12(2)14-11-13-9-7-10-15(3)4/h12H,5-10H2,1-4H3. The molecule has 88 valence electrons. The van der Waals surface area contributed by atoms with Crippen molar-refractivity contribution >= 4 is 6.01 Å². The molecule has 15 heavy (non-hydrogen) atoms. The van der Waals surface area contributed by atoms with Gasteiger partial charge in [-0.2, -0.15) is 0 Å². The first kappa shape index (κ1) is 14.3. The summed E-state index contributed by atoms with van der Waals surface area (Å²) in [6.45, 7) is 6.24. The first-order chi connectivity index (χ1) is 7.16. The number of unbranched alkanes of at least 4 members (excludes halogenated alkanes) is 1. The summed E-state index contributed by atoms with van der Waals surface area (Å²) in [5.41, 5.74) is 0. The average molecular weight is 211 g/mol.